The van der Waals surface area contributed by atoms with Crippen LogP contribution in [0.1, 0.15) is 54.4 Å². The molecular weight excluding hydrogens is 300 g/mol. The summed E-state index contributed by atoms with van der Waals surface area (Å²) >= 11 is 0. The van der Waals surface area contributed by atoms with Crippen molar-refractivity contribution in [1.29, 1.82) is 0 Å². The zero-order valence-electron chi connectivity index (χ0n) is 14.8. The van der Waals surface area contributed by atoms with Crippen LogP contribution in [-0.4, -0.2) is 51.7 Å². The van der Waals surface area contributed by atoms with Crippen molar-refractivity contribution in [1.82, 2.24) is 10.2 Å². The summed E-state index contributed by atoms with van der Waals surface area (Å²) in [4.78, 5) is 37.7. The maximum atomic E-state index is 12.8. The quantitative estimate of drug-likeness (QED) is 0.823. The second-order valence-corrected chi connectivity index (χ2v) is 7.54. The molecule has 2 amide bonds. The van der Waals surface area contributed by atoms with Gasteiger partial charge in [0, 0.05) is 6.54 Å². The number of aliphatic carboxylic acids is 1. The molecule has 1 rings (SSSR count). The third-order valence-electron chi connectivity index (χ3n) is 3.97. The van der Waals surface area contributed by atoms with E-state index in [0.29, 0.717) is 19.4 Å². The van der Waals surface area contributed by atoms with E-state index in [0.717, 1.165) is 0 Å². The van der Waals surface area contributed by atoms with Crippen LogP contribution in [0, 0.1) is 5.92 Å². The van der Waals surface area contributed by atoms with Crippen molar-refractivity contribution in [3.63, 3.8) is 0 Å². The third-order valence-corrected chi connectivity index (χ3v) is 3.97. The van der Waals surface area contributed by atoms with Crippen molar-refractivity contribution in [3.05, 3.63) is 0 Å². The van der Waals surface area contributed by atoms with Crippen LogP contribution in [0.2, 0.25) is 0 Å². The van der Waals surface area contributed by atoms with Crippen LogP contribution in [0.3, 0.4) is 0 Å². The number of nitrogens with one attached hydrogen (secondary N) is 1. The van der Waals surface area contributed by atoms with Gasteiger partial charge in [-0.1, -0.05) is 13.8 Å². The van der Waals surface area contributed by atoms with Gasteiger partial charge >= 0.3 is 12.1 Å². The molecule has 1 aliphatic heterocycles. The number of carboxylic acids is 1. The normalized spacial score (nSPS) is 22.8. The number of alkyl carbamates (subject to hydrolysis) is 1. The zero-order valence-corrected chi connectivity index (χ0v) is 14.8. The lowest BCUT2D eigenvalue weighted by molar-refractivity contribution is -0.156. The Kier molecular flexibility index (Phi) is 5.66. The van der Waals surface area contributed by atoms with Gasteiger partial charge in [-0.25, -0.2) is 9.59 Å². The van der Waals surface area contributed by atoms with Crippen molar-refractivity contribution in [2.75, 3.05) is 6.54 Å². The fraction of sp³-hybridized carbons (Fsp3) is 0.812. The van der Waals surface area contributed by atoms with E-state index in [2.05, 4.69) is 5.32 Å². The summed E-state index contributed by atoms with van der Waals surface area (Å²) in [5, 5.41) is 12.0. The number of amides is 2. The van der Waals surface area contributed by atoms with Gasteiger partial charge < -0.3 is 20.1 Å². The van der Waals surface area contributed by atoms with E-state index in [9.17, 15) is 19.5 Å². The molecule has 132 valence electrons. The van der Waals surface area contributed by atoms with Gasteiger partial charge in [0.2, 0.25) is 5.91 Å². The SMILES string of the molecule is CC(C)C(NC(=O)OC(C)(C)C)C(=O)N1CCC[C@@]1(C)C(=O)O. The molecule has 1 heterocycles. The minimum atomic E-state index is -1.22. The molecule has 7 nitrogen and oxygen atoms in total. The molecule has 1 saturated heterocycles. The van der Waals surface area contributed by atoms with Crippen molar-refractivity contribution in [2.45, 2.75) is 71.6 Å². The molecule has 23 heavy (non-hydrogen) atoms. The molecule has 2 N–H and O–H groups in total. The van der Waals surface area contributed by atoms with Crippen LogP contribution in [0.25, 0.3) is 0 Å². The molecule has 0 radical (unpaired) electrons. The standard InChI is InChI=1S/C16H28N2O5/c1-10(2)11(17-14(22)23-15(3,4)5)12(19)18-9-7-8-16(18,6)13(20)21/h10-11H,7-9H2,1-6H3,(H,17,22)(H,20,21)/t11?,16-/m0/s1. The number of nitrogens with zero attached hydrogens (tertiary/aromatic N) is 1. The Morgan fingerprint density at radius 2 is 1.83 bits per heavy atom. The van der Waals surface area contributed by atoms with E-state index in [1.807, 2.05) is 0 Å². The number of hydrogen-bond donors (Lipinski definition) is 2. The number of rotatable bonds is 4. The minimum absolute atomic E-state index is 0.186. The summed E-state index contributed by atoms with van der Waals surface area (Å²) < 4.78 is 5.19. The summed E-state index contributed by atoms with van der Waals surface area (Å²) in [6, 6.07) is -0.818. The first-order valence-corrected chi connectivity index (χ1v) is 7.93. The van der Waals surface area contributed by atoms with Gasteiger partial charge in [0.1, 0.15) is 17.2 Å². The summed E-state index contributed by atoms with van der Waals surface area (Å²) in [6.07, 6.45) is 0.359. The number of carbonyl (C=O) groups excluding carboxylic acids is 2. The number of hydrogen-bond acceptors (Lipinski definition) is 4. The van der Waals surface area contributed by atoms with Gasteiger partial charge in [0.05, 0.1) is 0 Å². The third kappa shape index (κ3) is 4.59. The highest BCUT2D eigenvalue weighted by Crippen LogP contribution is 2.30. The fourth-order valence-corrected chi connectivity index (χ4v) is 2.65. The lowest BCUT2D eigenvalue weighted by atomic mass is 9.96. The molecule has 0 saturated carbocycles. The van der Waals surface area contributed by atoms with E-state index in [4.69, 9.17) is 4.74 Å². The van der Waals surface area contributed by atoms with Gasteiger partial charge in [-0.05, 0) is 46.5 Å². The van der Waals surface area contributed by atoms with Crippen LogP contribution in [0.4, 0.5) is 4.79 Å². The molecular formula is C16H28N2O5. The summed E-state index contributed by atoms with van der Waals surface area (Å²) in [5.74, 6) is -1.59. The molecule has 0 aromatic carbocycles. The maximum Gasteiger partial charge on any atom is 0.408 e. The second kappa shape index (κ2) is 6.76. The van der Waals surface area contributed by atoms with Crippen LogP contribution < -0.4 is 5.32 Å². The number of carbonyl (C=O) groups is 3. The summed E-state index contributed by atoms with van der Waals surface area (Å²) in [7, 11) is 0. The van der Waals surface area contributed by atoms with Crippen LogP contribution in [-0.2, 0) is 14.3 Å². The number of likely N-dealkylation sites (tertiary alicyclic amines) is 1. The Balaban J connectivity index is 2.91. The van der Waals surface area contributed by atoms with E-state index in [1.165, 1.54) is 4.90 Å². The molecule has 1 fully saturated rings. The van der Waals surface area contributed by atoms with Crippen LogP contribution >= 0.6 is 0 Å². The lowest BCUT2D eigenvalue weighted by Gasteiger charge is -2.35. The molecule has 1 unspecified atom stereocenters. The first-order valence-electron chi connectivity index (χ1n) is 7.93. The Hall–Kier alpha value is -1.79. The summed E-state index contributed by atoms with van der Waals surface area (Å²) in [6.45, 7) is 10.7. The maximum absolute atomic E-state index is 12.8. The van der Waals surface area contributed by atoms with Gasteiger partial charge in [0.25, 0.3) is 0 Å². The predicted molar refractivity (Wildman–Crippen MR) is 85.0 cm³/mol. The Bertz CT molecular complexity index is 483. The molecule has 1 aliphatic rings. The molecule has 0 spiro atoms. The topological polar surface area (TPSA) is 95.9 Å². The Labute approximate surface area is 137 Å². The average molecular weight is 328 g/mol. The molecule has 7 heteroatoms. The average Bonchev–Trinajstić information content (AvgIpc) is 2.76. The number of carboxylic acid groups (broad SMARTS) is 1. The molecule has 0 bridgehead atoms. The molecule has 0 aromatic heterocycles. The zero-order chi connectivity index (χ0) is 18.0. The summed E-state index contributed by atoms with van der Waals surface area (Å²) in [5.41, 5.74) is -1.89. The van der Waals surface area contributed by atoms with E-state index < -0.39 is 29.2 Å². The monoisotopic (exact) mass is 328 g/mol. The predicted octanol–water partition coefficient (Wildman–Crippen LogP) is 2.00. The van der Waals surface area contributed by atoms with Gasteiger partial charge in [-0.2, -0.15) is 0 Å². The Morgan fingerprint density at radius 1 is 1.26 bits per heavy atom. The highest BCUT2D eigenvalue weighted by Gasteiger charge is 2.48. The van der Waals surface area contributed by atoms with Gasteiger partial charge in [-0.3, -0.25) is 4.79 Å². The molecule has 0 aliphatic carbocycles. The highest BCUT2D eigenvalue weighted by molar-refractivity contribution is 5.91. The smallest absolute Gasteiger partial charge is 0.408 e. The van der Waals surface area contributed by atoms with Crippen LogP contribution in [0.15, 0.2) is 0 Å². The molecule has 2 atom stereocenters. The fourth-order valence-electron chi connectivity index (χ4n) is 2.65. The van der Waals surface area contributed by atoms with Crippen molar-refractivity contribution in [3.8, 4) is 0 Å². The van der Waals surface area contributed by atoms with Crippen LogP contribution in [0.5, 0.6) is 0 Å². The van der Waals surface area contributed by atoms with Gasteiger partial charge in [-0.15, -0.1) is 0 Å². The van der Waals surface area contributed by atoms with Crippen molar-refractivity contribution >= 4 is 18.0 Å². The Morgan fingerprint density at radius 3 is 2.26 bits per heavy atom. The van der Waals surface area contributed by atoms with Crippen molar-refractivity contribution in [2.24, 2.45) is 5.92 Å². The van der Waals surface area contributed by atoms with E-state index in [-0.39, 0.29) is 11.8 Å². The first kappa shape index (κ1) is 19.3. The lowest BCUT2D eigenvalue weighted by Crippen LogP contribution is -2.58. The second-order valence-electron chi connectivity index (χ2n) is 7.54. The van der Waals surface area contributed by atoms with E-state index >= 15 is 0 Å². The highest BCUT2D eigenvalue weighted by atomic mass is 16.6. The van der Waals surface area contributed by atoms with Crippen molar-refractivity contribution < 1.29 is 24.2 Å². The largest absolute Gasteiger partial charge is 0.480 e. The number of ether oxygens (including phenoxy) is 1. The first-order chi connectivity index (χ1) is 10.4. The molecule has 0 aromatic rings. The minimum Gasteiger partial charge on any atom is -0.480 e. The van der Waals surface area contributed by atoms with Gasteiger partial charge in [0.15, 0.2) is 0 Å². The van der Waals surface area contributed by atoms with E-state index in [1.54, 1.807) is 41.5 Å².